The Labute approximate surface area is 158 Å². The summed E-state index contributed by atoms with van der Waals surface area (Å²) in [6, 6.07) is 9.23. The van der Waals surface area contributed by atoms with Gasteiger partial charge in [0.1, 0.15) is 23.7 Å². The fourth-order valence-corrected chi connectivity index (χ4v) is 3.68. The number of carbonyl (C=O) groups excluding carboxylic acids is 1. The smallest absolute Gasteiger partial charge is 0.312 e. The minimum Gasteiger partial charge on any atom is -0.343 e. The summed E-state index contributed by atoms with van der Waals surface area (Å²) < 4.78 is 14.6. The number of nitrogens with zero attached hydrogens (tertiary/aromatic N) is 3. The van der Waals surface area contributed by atoms with E-state index in [4.69, 9.17) is 0 Å². The number of nitro groups is 1. The van der Waals surface area contributed by atoms with E-state index in [0.717, 1.165) is 10.4 Å². The van der Waals surface area contributed by atoms with Crippen molar-refractivity contribution >= 4 is 22.9 Å². The molecule has 0 radical (unpaired) electrons. The third-order valence-electron chi connectivity index (χ3n) is 4.16. The summed E-state index contributed by atoms with van der Waals surface area (Å²) in [6.07, 6.45) is 0. The SMILES string of the molecule is Cc1nn(CC(=O)N[C@@H](c2ccc(F)cc2)c2cccs2)c(C)c1[N+](=O)[O-]. The number of nitrogens with one attached hydrogen (secondary N) is 1. The largest absolute Gasteiger partial charge is 0.343 e. The number of aryl methyl sites for hydroxylation is 1. The molecule has 9 heteroatoms. The van der Waals surface area contributed by atoms with Crippen LogP contribution in [0, 0.1) is 29.8 Å². The molecule has 0 aliphatic carbocycles. The average Bonchev–Trinajstić information content (AvgIpc) is 3.22. The number of halogens is 1. The summed E-state index contributed by atoms with van der Waals surface area (Å²) >= 11 is 1.47. The quantitative estimate of drug-likeness (QED) is 0.517. The van der Waals surface area contributed by atoms with E-state index < -0.39 is 11.0 Å². The Kier molecular flexibility index (Phi) is 5.31. The lowest BCUT2D eigenvalue weighted by molar-refractivity contribution is -0.386. The molecule has 3 rings (SSSR count). The van der Waals surface area contributed by atoms with Crippen molar-refractivity contribution in [1.82, 2.24) is 15.1 Å². The van der Waals surface area contributed by atoms with Crippen molar-refractivity contribution in [2.45, 2.75) is 26.4 Å². The summed E-state index contributed by atoms with van der Waals surface area (Å²) in [5.74, 6) is -0.705. The highest BCUT2D eigenvalue weighted by Crippen LogP contribution is 2.27. The van der Waals surface area contributed by atoms with E-state index in [9.17, 15) is 19.3 Å². The Hall–Kier alpha value is -3.07. The molecule has 1 amide bonds. The van der Waals surface area contributed by atoms with Gasteiger partial charge in [0.15, 0.2) is 0 Å². The molecular weight excluding hydrogens is 371 g/mol. The fraction of sp³-hybridized carbons (Fsp3) is 0.222. The second-order valence-electron chi connectivity index (χ2n) is 6.00. The van der Waals surface area contributed by atoms with Gasteiger partial charge in [-0.25, -0.2) is 4.39 Å². The van der Waals surface area contributed by atoms with E-state index in [0.29, 0.717) is 5.69 Å². The van der Waals surface area contributed by atoms with Crippen LogP contribution in [0.1, 0.15) is 27.9 Å². The minimum absolute atomic E-state index is 0.0869. The second-order valence-corrected chi connectivity index (χ2v) is 6.98. The van der Waals surface area contributed by atoms with Crippen molar-refractivity contribution in [3.63, 3.8) is 0 Å². The van der Waals surface area contributed by atoms with Gasteiger partial charge in [-0.1, -0.05) is 18.2 Å². The highest BCUT2D eigenvalue weighted by Gasteiger charge is 2.24. The van der Waals surface area contributed by atoms with Crippen LogP contribution < -0.4 is 5.32 Å². The zero-order chi connectivity index (χ0) is 19.6. The predicted molar refractivity (Wildman–Crippen MR) is 99.1 cm³/mol. The molecule has 2 heterocycles. The Balaban J connectivity index is 1.82. The molecule has 27 heavy (non-hydrogen) atoms. The van der Waals surface area contributed by atoms with E-state index in [1.165, 1.54) is 35.1 Å². The molecule has 0 saturated heterocycles. The second kappa shape index (κ2) is 7.67. The maximum absolute atomic E-state index is 13.2. The Morgan fingerprint density at radius 2 is 2.04 bits per heavy atom. The number of amides is 1. The Morgan fingerprint density at radius 3 is 2.59 bits per heavy atom. The zero-order valence-corrected chi connectivity index (χ0v) is 15.5. The van der Waals surface area contributed by atoms with Gasteiger partial charge >= 0.3 is 5.69 Å². The number of benzene rings is 1. The maximum atomic E-state index is 13.2. The predicted octanol–water partition coefficient (Wildman–Crippen LogP) is 3.51. The summed E-state index contributed by atoms with van der Waals surface area (Å²) in [4.78, 5) is 24.1. The van der Waals surface area contributed by atoms with E-state index in [1.54, 1.807) is 19.1 Å². The van der Waals surface area contributed by atoms with Crippen LogP contribution in [0.3, 0.4) is 0 Å². The van der Waals surface area contributed by atoms with Gasteiger partial charge in [-0.15, -0.1) is 11.3 Å². The van der Waals surface area contributed by atoms with Gasteiger partial charge in [0.25, 0.3) is 0 Å². The molecule has 1 aromatic carbocycles. The van der Waals surface area contributed by atoms with Crippen molar-refractivity contribution in [2.24, 2.45) is 0 Å². The van der Waals surface area contributed by atoms with Gasteiger partial charge in [-0.05, 0) is 43.0 Å². The first-order valence-electron chi connectivity index (χ1n) is 8.13. The monoisotopic (exact) mass is 388 g/mol. The van der Waals surface area contributed by atoms with Crippen LogP contribution in [-0.2, 0) is 11.3 Å². The number of rotatable bonds is 6. The molecule has 3 aromatic rings. The fourth-order valence-electron chi connectivity index (χ4n) is 2.88. The van der Waals surface area contributed by atoms with Crippen LogP contribution >= 0.6 is 11.3 Å². The van der Waals surface area contributed by atoms with Gasteiger partial charge in [0.2, 0.25) is 5.91 Å². The summed E-state index contributed by atoms with van der Waals surface area (Å²) in [5.41, 5.74) is 1.24. The normalized spacial score (nSPS) is 12.0. The Bertz CT molecular complexity index is 967. The zero-order valence-electron chi connectivity index (χ0n) is 14.7. The summed E-state index contributed by atoms with van der Waals surface area (Å²) in [7, 11) is 0. The van der Waals surface area contributed by atoms with Gasteiger partial charge in [-0.3, -0.25) is 19.6 Å². The molecule has 1 atom stereocenters. The Morgan fingerprint density at radius 1 is 1.33 bits per heavy atom. The molecule has 0 aliphatic rings. The highest BCUT2D eigenvalue weighted by atomic mass is 32.1. The average molecular weight is 388 g/mol. The van der Waals surface area contributed by atoms with Gasteiger partial charge in [-0.2, -0.15) is 5.10 Å². The highest BCUT2D eigenvalue weighted by molar-refractivity contribution is 7.10. The van der Waals surface area contributed by atoms with Crippen LogP contribution in [0.4, 0.5) is 10.1 Å². The molecular formula is C18H17FN4O3S. The molecule has 7 nitrogen and oxygen atoms in total. The van der Waals surface area contributed by atoms with E-state index in [2.05, 4.69) is 10.4 Å². The molecule has 0 bridgehead atoms. The molecule has 2 aromatic heterocycles. The molecule has 140 valence electrons. The van der Waals surface area contributed by atoms with Crippen molar-refractivity contribution in [3.05, 3.63) is 79.5 Å². The number of hydrogen-bond acceptors (Lipinski definition) is 5. The van der Waals surface area contributed by atoms with Crippen molar-refractivity contribution in [2.75, 3.05) is 0 Å². The van der Waals surface area contributed by atoms with Crippen molar-refractivity contribution in [1.29, 1.82) is 0 Å². The number of aromatic nitrogens is 2. The lowest BCUT2D eigenvalue weighted by Crippen LogP contribution is -2.32. The topological polar surface area (TPSA) is 90.1 Å². The van der Waals surface area contributed by atoms with Crippen LogP contribution in [0.25, 0.3) is 0 Å². The molecule has 0 saturated carbocycles. The lowest BCUT2D eigenvalue weighted by Gasteiger charge is -2.18. The standard InChI is InChI=1S/C18H17FN4O3S/c1-11-18(23(25)26)12(2)22(21-11)10-16(24)20-17(15-4-3-9-27-15)13-5-7-14(19)8-6-13/h3-9,17H,10H2,1-2H3,(H,20,24)/t17-/m0/s1. The summed E-state index contributed by atoms with van der Waals surface area (Å²) in [5, 5.41) is 20.0. The number of thiophene rings is 1. The van der Waals surface area contributed by atoms with E-state index in [1.807, 2.05) is 17.5 Å². The van der Waals surface area contributed by atoms with E-state index >= 15 is 0 Å². The maximum Gasteiger partial charge on any atom is 0.312 e. The third-order valence-corrected chi connectivity index (χ3v) is 5.09. The van der Waals surface area contributed by atoms with E-state index in [-0.39, 0.29) is 29.7 Å². The van der Waals surface area contributed by atoms with Crippen molar-refractivity contribution < 1.29 is 14.1 Å². The van der Waals surface area contributed by atoms with Gasteiger partial charge in [0, 0.05) is 4.88 Å². The molecule has 1 N–H and O–H groups in total. The number of carbonyl (C=O) groups is 1. The summed E-state index contributed by atoms with van der Waals surface area (Å²) in [6.45, 7) is 2.94. The molecule has 0 aliphatic heterocycles. The first-order valence-corrected chi connectivity index (χ1v) is 9.01. The van der Waals surface area contributed by atoms with Crippen LogP contribution in [0.2, 0.25) is 0 Å². The van der Waals surface area contributed by atoms with Crippen LogP contribution in [-0.4, -0.2) is 20.6 Å². The van der Waals surface area contributed by atoms with Gasteiger partial charge in [0.05, 0.1) is 11.0 Å². The van der Waals surface area contributed by atoms with Crippen LogP contribution in [0.5, 0.6) is 0 Å². The molecule has 0 unspecified atom stereocenters. The van der Waals surface area contributed by atoms with Gasteiger partial charge < -0.3 is 5.32 Å². The lowest BCUT2D eigenvalue weighted by atomic mass is 10.1. The third kappa shape index (κ3) is 4.03. The molecule has 0 fully saturated rings. The minimum atomic E-state index is -0.501. The van der Waals surface area contributed by atoms with Crippen molar-refractivity contribution in [3.8, 4) is 0 Å². The first kappa shape index (κ1) is 18.7. The van der Waals surface area contributed by atoms with Crippen LogP contribution in [0.15, 0.2) is 41.8 Å². The first-order chi connectivity index (χ1) is 12.9. The number of hydrogen-bond donors (Lipinski definition) is 1. The molecule has 0 spiro atoms.